The molecule has 2 heteroatoms. The van der Waals surface area contributed by atoms with Gasteiger partial charge in [-0.05, 0) is 277 Å². The van der Waals surface area contributed by atoms with Gasteiger partial charge in [0.1, 0.15) is 0 Å². The minimum atomic E-state index is -0.711. The SMILES string of the molecule is c1ccc(C2(c3ccccc3)c3ccccc3-c3c(N(c4ccc(-c5cccc6ccc(-c7ccc(C8(c9ccccc9)c9ccccc9-c9c(N(c%10ccc(-c%11cccc%12ccccc%11%12)cc%10)c%10cccc(-c%11ccc(-c%12ccc%13c(ccc%14ccccc%14%13)c%12)cc%11)c%10)cccc98)cc7)cc56)cc4)c4cccc(-c5ccc(-c6cc7ccccc7c7ccccc67)cc5)c4)cccc32)cc1. The van der Waals surface area contributed by atoms with E-state index in [0.29, 0.717) is 0 Å². The highest BCUT2D eigenvalue weighted by Gasteiger charge is 2.49. The first kappa shape index (κ1) is 79.4. The first-order chi connectivity index (χ1) is 67.4. The molecule has 1 unspecified atom stereocenters. The predicted octanol–water partition coefficient (Wildman–Crippen LogP) is 35.9. The molecule has 0 spiro atoms. The lowest BCUT2D eigenvalue weighted by atomic mass is 9.67. The lowest BCUT2D eigenvalue weighted by Crippen LogP contribution is -2.28. The van der Waals surface area contributed by atoms with Gasteiger partial charge in [-0.2, -0.15) is 0 Å². The van der Waals surface area contributed by atoms with E-state index in [1.807, 2.05) is 0 Å². The zero-order chi connectivity index (χ0) is 89.8. The van der Waals surface area contributed by atoms with Crippen LogP contribution in [0.5, 0.6) is 0 Å². The molecular formula is C134H88N2. The van der Waals surface area contributed by atoms with Crippen LogP contribution in [0.2, 0.25) is 0 Å². The van der Waals surface area contributed by atoms with Crippen LogP contribution in [0.25, 0.3) is 165 Å². The molecule has 24 aromatic carbocycles. The molecule has 0 aromatic heterocycles. The van der Waals surface area contributed by atoms with Crippen molar-refractivity contribution in [1.29, 1.82) is 0 Å². The summed E-state index contributed by atoms with van der Waals surface area (Å²) in [6, 6.07) is 200. The Morgan fingerprint density at radius 3 is 0.971 bits per heavy atom. The molecule has 0 aliphatic heterocycles. The topological polar surface area (TPSA) is 6.48 Å². The third-order valence-corrected chi connectivity index (χ3v) is 29.2. The van der Waals surface area contributed by atoms with Crippen molar-refractivity contribution in [2.45, 2.75) is 10.8 Å². The lowest BCUT2D eigenvalue weighted by Gasteiger charge is -2.34. The Kier molecular flexibility index (Phi) is 19.1. The largest absolute Gasteiger partial charge is 0.310 e. The first-order valence-corrected chi connectivity index (χ1v) is 47.2. The Hall–Kier alpha value is -17.6. The summed E-state index contributed by atoms with van der Waals surface area (Å²) in [4.78, 5) is 5.02. The van der Waals surface area contributed by atoms with E-state index in [1.165, 1.54) is 170 Å². The maximum Gasteiger partial charge on any atom is 0.0714 e. The highest BCUT2D eigenvalue weighted by molar-refractivity contribution is 6.15. The van der Waals surface area contributed by atoms with E-state index in [0.717, 1.165) is 73.1 Å². The summed E-state index contributed by atoms with van der Waals surface area (Å²) in [5, 5.41) is 14.9. The van der Waals surface area contributed by atoms with E-state index < -0.39 is 10.8 Å². The van der Waals surface area contributed by atoms with Crippen LogP contribution in [0.4, 0.5) is 34.1 Å². The first-order valence-electron chi connectivity index (χ1n) is 47.2. The second-order valence-corrected chi connectivity index (χ2v) is 36.4. The standard InChI is InChI=1S/C134H88N2/c1-4-35-105(36-5-1)133(106-37-6-2-7-38-106)125-52-20-18-48-121(125)131-127(133)54-26-56-129(131)136(112-42-23-34-100(86-112)90-62-64-98(65-63-90)124-88-103-30-12-15-45-117(103)119-46-16-17-47-120(119)124)110-81-74-97(75-82-110)116-51-25-32-95-66-68-102(87-123(95)116)92-70-77-108(78-71-92)134(107-39-8-3-9-40-107)126-53-21-19-49-122(126)132-128(134)55-27-57-130(132)135(109-79-72-96(73-80-109)115-50-24-31-93-28-10-13-43-113(93)115)111-41-22-33-99(85-111)89-58-60-91(61-59-89)101-76-83-118-104(84-101)69-67-94-29-11-14-44-114(94)118/h1-88H. The van der Waals surface area contributed by atoms with Crippen LogP contribution < -0.4 is 9.80 Å². The molecule has 634 valence electrons. The van der Waals surface area contributed by atoms with Gasteiger partial charge in [0.2, 0.25) is 0 Å². The molecule has 0 amide bonds. The number of rotatable bonds is 17. The van der Waals surface area contributed by atoms with Gasteiger partial charge in [0, 0.05) is 33.9 Å². The lowest BCUT2D eigenvalue weighted by molar-refractivity contribution is 0.768. The average molecular weight is 1730 g/mol. The molecule has 26 rings (SSSR count). The van der Waals surface area contributed by atoms with Crippen molar-refractivity contribution in [2.24, 2.45) is 0 Å². The molecule has 2 aliphatic carbocycles. The molecule has 0 heterocycles. The molecule has 136 heavy (non-hydrogen) atoms. The molecule has 2 nitrogen and oxygen atoms in total. The fraction of sp³-hybridized carbons (Fsp3) is 0.0149. The van der Waals surface area contributed by atoms with Crippen molar-refractivity contribution in [1.82, 2.24) is 0 Å². The summed E-state index contributed by atoms with van der Waals surface area (Å²) in [5.74, 6) is 0. The van der Waals surface area contributed by atoms with Crippen molar-refractivity contribution in [3.63, 3.8) is 0 Å². The Bertz CT molecular complexity index is 8760. The molecule has 24 aromatic rings. The van der Waals surface area contributed by atoms with Crippen LogP contribution in [0.3, 0.4) is 0 Å². The van der Waals surface area contributed by atoms with Crippen LogP contribution in [0.1, 0.15) is 44.5 Å². The fourth-order valence-electron chi connectivity index (χ4n) is 23.0. The zero-order valence-electron chi connectivity index (χ0n) is 74.7. The van der Waals surface area contributed by atoms with Crippen LogP contribution in [-0.4, -0.2) is 0 Å². The van der Waals surface area contributed by atoms with E-state index in [9.17, 15) is 0 Å². The summed E-state index contributed by atoms with van der Waals surface area (Å²) < 4.78 is 0. The second-order valence-electron chi connectivity index (χ2n) is 36.4. The van der Waals surface area contributed by atoms with Gasteiger partial charge in [0.15, 0.2) is 0 Å². The number of benzene rings is 24. The normalized spacial score (nSPS) is 13.4. The Balaban J connectivity index is 0.570. The van der Waals surface area contributed by atoms with Crippen molar-refractivity contribution in [2.75, 3.05) is 9.80 Å². The van der Waals surface area contributed by atoms with Gasteiger partial charge in [-0.25, -0.2) is 0 Å². The van der Waals surface area contributed by atoms with Gasteiger partial charge in [-0.1, -0.05) is 455 Å². The third-order valence-electron chi connectivity index (χ3n) is 29.2. The van der Waals surface area contributed by atoms with Gasteiger partial charge in [0.05, 0.1) is 22.2 Å². The van der Waals surface area contributed by atoms with E-state index >= 15 is 0 Å². The van der Waals surface area contributed by atoms with Crippen molar-refractivity contribution in [3.05, 3.63) is 578 Å². The van der Waals surface area contributed by atoms with Crippen molar-refractivity contribution in [3.8, 4) is 100 Å². The van der Waals surface area contributed by atoms with Crippen LogP contribution in [0, 0.1) is 0 Å². The number of anilines is 6. The summed E-state index contributed by atoms with van der Waals surface area (Å²) in [5.41, 5.74) is 36.1. The van der Waals surface area contributed by atoms with E-state index in [1.54, 1.807) is 0 Å². The minimum absolute atomic E-state index is 0.596. The molecule has 0 saturated carbocycles. The molecule has 0 saturated heterocycles. The van der Waals surface area contributed by atoms with Gasteiger partial charge in [-0.3, -0.25) is 0 Å². The Morgan fingerprint density at radius 1 is 0.132 bits per heavy atom. The quantitative estimate of drug-likeness (QED) is 0.0839. The van der Waals surface area contributed by atoms with E-state index in [2.05, 4.69) is 544 Å². The van der Waals surface area contributed by atoms with Crippen LogP contribution in [0.15, 0.2) is 534 Å². The van der Waals surface area contributed by atoms with Gasteiger partial charge < -0.3 is 9.80 Å². The highest BCUT2D eigenvalue weighted by atomic mass is 15.2. The number of hydrogen-bond donors (Lipinski definition) is 0. The van der Waals surface area contributed by atoms with Crippen molar-refractivity contribution >= 4 is 98.8 Å². The van der Waals surface area contributed by atoms with E-state index in [4.69, 9.17) is 0 Å². The minimum Gasteiger partial charge on any atom is -0.310 e. The summed E-state index contributed by atoms with van der Waals surface area (Å²) in [6.45, 7) is 0. The zero-order valence-corrected chi connectivity index (χ0v) is 74.7. The highest BCUT2D eigenvalue weighted by Crippen LogP contribution is 2.63. The Labute approximate surface area is 792 Å². The summed E-state index contributed by atoms with van der Waals surface area (Å²) >= 11 is 0. The van der Waals surface area contributed by atoms with Gasteiger partial charge in [-0.15, -0.1) is 0 Å². The predicted molar refractivity (Wildman–Crippen MR) is 574 cm³/mol. The molecule has 0 N–H and O–H groups in total. The van der Waals surface area contributed by atoms with Gasteiger partial charge in [0.25, 0.3) is 0 Å². The third kappa shape index (κ3) is 13.0. The smallest absolute Gasteiger partial charge is 0.0714 e. The monoisotopic (exact) mass is 1720 g/mol. The molecule has 2 aliphatic rings. The van der Waals surface area contributed by atoms with Crippen molar-refractivity contribution < 1.29 is 0 Å². The maximum absolute atomic E-state index is 2.51. The molecule has 0 fully saturated rings. The van der Waals surface area contributed by atoms with Crippen LogP contribution >= 0.6 is 0 Å². The average Bonchev–Trinajstić information content (AvgIpc) is 1.53. The van der Waals surface area contributed by atoms with E-state index in [-0.39, 0.29) is 0 Å². The molecular weight excluding hydrogens is 1640 g/mol. The van der Waals surface area contributed by atoms with Crippen LogP contribution in [-0.2, 0) is 10.8 Å². The summed E-state index contributed by atoms with van der Waals surface area (Å²) in [6.07, 6.45) is 0. The molecule has 0 radical (unpaired) electrons. The summed E-state index contributed by atoms with van der Waals surface area (Å²) in [7, 11) is 0. The second kappa shape index (κ2) is 32.8. The molecule has 0 bridgehead atoms. The molecule has 1 atom stereocenters. The maximum atomic E-state index is 2.51. The number of hydrogen-bond acceptors (Lipinski definition) is 2. The number of fused-ring (bicyclic) bond motifs is 14. The number of nitrogens with zero attached hydrogens (tertiary/aromatic N) is 2. The Morgan fingerprint density at radius 2 is 0.441 bits per heavy atom. The van der Waals surface area contributed by atoms with Gasteiger partial charge >= 0.3 is 0 Å². The fourth-order valence-corrected chi connectivity index (χ4v) is 23.0.